The van der Waals surface area contributed by atoms with E-state index in [1.165, 1.54) is 17.5 Å². The largest absolute Gasteiger partial charge is 0.377 e. The lowest BCUT2D eigenvalue weighted by molar-refractivity contribution is -0.00461. The van der Waals surface area contributed by atoms with Gasteiger partial charge in [0.15, 0.2) is 0 Å². The van der Waals surface area contributed by atoms with Gasteiger partial charge in [0.25, 0.3) is 0 Å². The maximum absolute atomic E-state index is 6.35. The molecule has 0 aliphatic carbocycles. The average Bonchev–Trinajstić information content (AvgIpc) is 2.90. The molecule has 2 rings (SSSR count). The number of hydrogen-bond donors (Lipinski definition) is 1. The summed E-state index contributed by atoms with van der Waals surface area (Å²) in [5.41, 5.74) is 8.93. The second-order valence-corrected chi connectivity index (χ2v) is 5.86. The summed E-state index contributed by atoms with van der Waals surface area (Å²) in [6.07, 6.45) is 2.60. The summed E-state index contributed by atoms with van der Waals surface area (Å²) in [7, 11) is 3.49. The number of hydrogen-bond acceptors (Lipinski definition) is 4. The van der Waals surface area contributed by atoms with Crippen molar-refractivity contribution in [3.63, 3.8) is 0 Å². The highest BCUT2D eigenvalue weighted by atomic mass is 16.5. The minimum absolute atomic E-state index is 0.0359. The van der Waals surface area contributed by atoms with Crippen molar-refractivity contribution in [1.82, 2.24) is 4.90 Å². The maximum Gasteiger partial charge on any atom is 0.0971 e. The predicted molar refractivity (Wildman–Crippen MR) is 85.4 cm³/mol. The molecular formula is C17H28N2O2. The van der Waals surface area contributed by atoms with E-state index in [1.807, 2.05) is 0 Å². The summed E-state index contributed by atoms with van der Waals surface area (Å²) in [6.45, 7) is 4.81. The van der Waals surface area contributed by atoms with Crippen LogP contribution in [0.4, 0.5) is 0 Å². The van der Waals surface area contributed by atoms with E-state index in [9.17, 15) is 0 Å². The van der Waals surface area contributed by atoms with Gasteiger partial charge in [-0.15, -0.1) is 0 Å². The van der Waals surface area contributed by atoms with Crippen LogP contribution in [0.1, 0.15) is 30.5 Å². The number of methoxy groups -OCH3 is 2. The van der Waals surface area contributed by atoms with Crippen molar-refractivity contribution in [2.75, 3.05) is 33.9 Å². The minimum Gasteiger partial charge on any atom is -0.377 e. The number of nitrogens with zero attached hydrogens (tertiary/aromatic N) is 1. The molecule has 0 aromatic heterocycles. The van der Waals surface area contributed by atoms with Crippen molar-refractivity contribution in [2.24, 2.45) is 5.73 Å². The van der Waals surface area contributed by atoms with E-state index < -0.39 is 0 Å². The Morgan fingerprint density at radius 2 is 1.71 bits per heavy atom. The Bertz CT molecular complexity index is 409. The lowest BCUT2D eigenvalue weighted by Gasteiger charge is -2.21. The fourth-order valence-electron chi connectivity index (χ4n) is 3.02. The van der Waals surface area contributed by atoms with Crippen molar-refractivity contribution in [2.45, 2.75) is 38.0 Å². The molecule has 4 nitrogen and oxygen atoms in total. The van der Waals surface area contributed by atoms with Crippen LogP contribution in [0.15, 0.2) is 24.3 Å². The Morgan fingerprint density at radius 1 is 1.14 bits per heavy atom. The first-order valence-corrected chi connectivity index (χ1v) is 7.80. The molecule has 1 aromatic rings. The summed E-state index contributed by atoms with van der Waals surface area (Å²) in [6, 6.07) is 8.74. The predicted octanol–water partition coefficient (Wildman–Crippen LogP) is 1.98. The molecule has 1 aromatic carbocycles. The van der Waals surface area contributed by atoms with Crippen molar-refractivity contribution in [3.8, 4) is 0 Å². The molecule has 1 aliphatic rings. The normalized spacial score (nSPS) is 24.4. The molecule has 21 heavy (non-hydrogen) atoms. The van der Waals surface area contributed by atoms with Crippen LogP contribution in [0.5, 0.6) is 0 Å². The van der Waals surface area contributed by atoms with Crippen LogP contribution in [0, 0.1) is 0 Å². The highest BCUT2D eigenvalue weighted by molar-refractivity contribution is 5.25. The average molecular weight is 292 g/mol. The number of likely N-dealkylation sites (tertiary alicyclic amines) is 1. The molecule has 1 fully saturated rings. The first kappa shape index (κ1) is 16.4. The van der Waals surface area contributed by atoms with Crippen molar-refractivity contribution in [3.05, 3.63) is 35.4 Å². The summed E-state index contributed by atoms with van der Waals surface area (Å²) in [5.74, 6) is 0. The number of benzene rings is 1. The third-order valence-electron chi connectivity index (χ3n) is 4.30. The quantitative estimate of drug-likeness (QED) is 0.835. The Kier molecular flexibility index (Phi) is 6.18. The van der Waals surface area contributed by atoms with Gasteiger partial charge in [0.2, 0.25) is 0 Å². The molecule has 2 N–H and O–H groups in total. The highest BCUT2D eigenvalue weighted by Gasteiger charge is 2.33. The van der Waals surface area contributed by atoms with Crippen LogP contribution in [0.25, 0.3) is 0 Å². The zero-order valence-electron chi connectivity index (χ0n) is 13.4. The third-order valence-corrected chi connectivity index (χ3v) is 4.30. The molecule has 0 radical (unpaired) electrons. The fraction of sp³-hybridized carbons (Fsp3) is 0.647. The zero-order chi connectivity index (χ0) is 15.2. The Morgan fingerprint density at radius 3 is 2.19 bits per heavy atom. The molecule has 1 saturated heterocycles. The van der Waals surface area contributed by atoms with Gasteiger partial charge in [-0.25, -0.2) is 0 Å². The van der Waals surface area contributed by atoms with Gasteiger partial charge in [0, 0.05) is 39.9 Å². The van der Waals surface area contributed by atoms with Gasteiger partial charge in [0.1, 0.15) is 0 Å². The summed E-state index contributed by atoms with van der Waals surface area (Å²) in [5, 5.41) is 0. The van der Waals surface area contributed by atoms with Gasteiger partial charge in [0.05, 0.1) is 12.2 Å². The first-order valence-electron chi connectivity index (χ1n) is 7.80. The van der Waals surface area contributed by atoms with Crippen LogP contribution in [0.3, 0.4) is 0 Å². The molecular weight excluding hydrogens is 264 g/mol. The van der Waals surface area contributed by atoms with Gasteiger partial charge in [-0.1, -0.05) is 37.6 Å². The monoisotopic (exact) mass is 292 g/mol. The Labute approximate surface area is 128 Å². The molecule has 4 heteroatoms. The van der Waals surface area contributed by atoms with E-state index in [4.69, 9.17) is 15.2 Å². The fourth-order valence-corrected chi connectivity index (χ4v) is 3.02. The van der Waals surface area contributed by atoms with Crippen molar-refractivity contribution < 1.29 is 9.47 Å². The molecule has 0 bridgehead atoms. The number of nitrogens with two attached hydrogens (primary N) is 1. The zero-order valence-corrected chi connectivity index (χ0v) is 13.4. The van der Waals surface area contributed by atoms with E-state index in [0.29, 0.717) is 0 Å². The Hall–Kier alpha value is -0.940. The number of ether oxygens (including phenoxy) is 2. The standard InChI is InChI=1S/C17H28N2O2/c1-4-5-13-6-8-14(9-7-13)15(18)10-19-11-16(20-2)17(12-19)21-3/h6-9,15-17H,4-5,10-12,18H2,1-3H3. The van der Waals surface area contributed by atoms with Gasteiger partial charge < -0.3 is 15.2 Å². The molecule has 1 aliphatic heterocycles. The van der Waals surface area contributed by atoms with Crippen LogP contribution in [-0.2, 0) is 15.9 Å². The van der Waals surface area contributed by atoms with Crippen LogP contribution >= 0.6 is 0 Å². The second kappa shape index (κ2) is 7.90. The van der Waals surface area contributed by atoms with E-state index in [0.717, 1.165) is 26.1 Å². The molecule has 118 valence electrons. The van der Waals surface area contributed by atoms with Gasteiger partial charge >= 0.3 is 0 Å². The lowest BCUT2D eigenvalue weighted by atomic mass is 10.0. The van der Waals surface area contributed by atoms with E-state index in [1.54, 1.807) is 14.2 Å². The van der Waals surface area contributed by atoms with Gasteiger partial charge in [-0.2, -0.15) is 0 Å². The van der Waals surface area contributed by atoms with E-state index >= 15 is 0 Å². The van der Waals surface area contributed by atoms with Crippen LogP contribution < -0.4 is 5.73 Å². The number of rotatable bonds is 7. The van der Waals surface area contributed by atoms with E-state index in [2.05, 4.69) is 36.1 Å². The topological polar surface area (TPSA) is 47.7 Å². The molecule has 0 spiro atoms. The molecule has 3 atom stereocenters. The molecule has 1 heterocycles. The van der Waals surface area contributed by atoms with Crippen LogP contribution in [0.2, 0.25) is 0 Å². The highest BCUT2D eigenvalue weighted by Crippen LogP contribution is 2.20. The van der Waals surface area contributed by atoms with Crippen molar-refractivity contribution >= 4 is 0 Å². The van der Waals surface area contributed by atoms with Gasteiger partial charge in [-0.3, -0.25) is 4.90 Å². The minimum atomic E-state index is 0.0359. The van der Waals surface area contributed by atoms with Crippen LogP contribution in [-0.4, -0.2) is 51.0 Å². The molecule has 0 amide bonds. The smallest absolute Gasteiger partial charge is 0.0971 e. The Balaban J connectivity index is 1.90. The van der Waals surface area contributed by atoms with Gasteiger partial charge in [-0.05, 0) is 17.5 Å². The summed E-state index contributed by atoms with van der Waals surface area (Å²) < 4.78 is 10.9. The SMILES string of the molecule is CCCc1ccc(C(N)CN2CC(OC)C(OC)C2)cc1. The lowest BCUT2D eigenvalue weighted by Crippen LogP contribution is -2.31. The third kappa shape index (κ3) is 4.27. The molecule has 0 saturated carbocycles. The van der Waals surface area contributed by atoms with E-state index in [-0.39, 0.29) is 18.2 Å². The summed E-state index contributed by atoms with van der Waals surface area (Å²) in [4.78, 5) is 2.33. The maximum atomic E-state index is 6.35. The summed E-state index contributed by atoms with van der Waals surface area (Å²) >= 11 is 0. The second-order valence-electron chi connectivity index (χ2n) is 5.86. The number of aryl methyl sites for hydroxylation is 1. The van der Waals surface area contributed by atoms with Crippen molar-refractivity contribution in [1.29, 1.82) is 0 Å². The molecule has 3 unspecified atom stereocenters. The first-order chi connectivity index (χ1) is 10.2.